The molecule has 14 heavy (non-hydrogen) atoms. The van der Waals surface area contributed by atoms with Crippen molar-refractivity contribution >= 4 is 5.91 Å². The molecule has 0 aromatic rings. The summed E-state index contributed by atoms with van der Waals surface area (Å²) in [7, 11) is 0. The maximum absolute atomic E-state index is 11.7. The van der Waals surface area contributed by atoms with Gasteiger partial charge >= 0.3 is 0 Å². The quantitative estimate of drug-likeness (QED) is 0.717. The molecule has 0 radical (unpaired) electrons. The Morgan fingerprint density at radius 2 is 2.07 bits per heavy atom. The number of nitrogens with one attached hydrogen (secondary N) is 1. The van der Waals surface area contributed by atoms with Crippen LogP contribution in [0.5, 0.6) is 0 Å². The zero-order chi connectivity index (χ0) is 10.8. The van der Waals surface area contributed by atoms with Gasteiger partial charge in [0.05, 0.1) is 6.04 Å². The summed E-state index contributed by atoms with van der Waals surface area (Å²) in [4.78, 5) is 11.7. The topological polar surface area (TPSA) is 55.1 Å². The standard InChI is InChI=1S/C11H22N2O/c1-4-11(6-5-7-11)13-10(14)9(12)8(2)3/h8-9H,4-7,12H2,1-3H3,(H,13,14)/t9-/m0/s1. The van der Waals surface area contributed by atoms with Crippen LogP contribution >= 0.6 is 0 Å². The van der Waals surface area contributed by atoms with E-state index in [0.29, 0.717) is 0 Å². The molecule has 1 amide bonds. The second kappa shape index (κ2) is 4.30. The fourth-order valence-electron chi connectivity index (χ4n) is 1.82. The van der Waals surface area contributed by atoms with Crippen LogP contribution in [0.3, 0.4) is 0 Å². The van der Waals surface area contributed by atoms with Crippen LogP contribution in [0.15, 0.2) is 0 Å². The summed E-state index contributed by atoms with van der Waals surface area (Å²) in [5, 5.41) is 3.10. The van der Waals surface area contributed by atoms with Gasteiger partial charge in [-0.1, -0.05) is 20.8 Å². The molecule has 1 aliphatic carbocycles. The smallest absolute Gasteiger partial charge is 0.237 e. The number of carbonyl (C=O) groups is 1. The second-order valence-electron chi connectivity index (χ2n) is 4.75. The van der Waals surface area contributed by atoms with Crippen molar-refractivity contribution in [1.82, 2.24) is 5.32 Å². The molecule has 82 valence electrons. The summed E-state index contributed by atoms with van der Waals surface area (Å²) < 4.78 is 0. The molecular weight excluding hydrogens is 176 g/mol. The molecule has 0 aromatic heterocycles. The molecule has 0 saturated heterocycles. The third kappa shape index (κ3) is 2.27. The number of hydrogen-bond acceptors (Lipinski definition) is 2. The highest BCUT2D eigenvalue weighted by molar-refractivity contribution is 5.82. The Kier molecular flexibility index (Phi) is 3.53. The van der Waals surface area contributed by atoms with Crippen LogP contribution in [-0.2, 0) is 4.79 Å². The van der Waals surface area contributed by atoms with Gasteiger partial charge in [-0.15, -0.1) is 0 Å². The molecule has 1 fully saturated rings. The molecule has 3 nitrogen and oxygen atoms in total. The molecular formula is C11H22N2O. The van der Waals surface area contributed by atoms with E-state index in [9.17, 15) is 4.79 Å². The third-order valence-corrected chi connectivity index (χ3v) is 3.40. The Morgan fingerprint density at radius 3 is 2.36 bits per heavy atom. The second-order valence-corrected chi connectivity index (χ2v) is 4.75. The van der Waals surface area contributed by atoms with Gasteiger partial charge < -0.3 is 11.1 Å². The maximum Gasteiger partial charge on any atom is 0.237 e. The molecule has 0 heterocycles. The summed E-state index contributed by atoms with van der Waals surface area (Å²) in [6, 6.07) is -0.362. The van der Waals surface area contributed by atoms with Crippen LogP contribution in [-0.4, -0.2) is 17.5 Å². The number of hydrogen-bond donors (Lipinski definition) is 2. The molecule has 3 heteroatoms. The van der Waals surface area contributed by atoms with Crippen molar-refractivity contribution in [2.45, 2.75) is 58.0 Å². The molecule has 1 rings (SSSR count). The Bertz CT molecular complexity index is 204. The highest BCUT2D eigenvalue weighted by atomic mass is 16.2. The molecule has 0 aromatic carbocycles. The van der Waals surface area contributed by atoms with Gasteiger partial charge in [0.25, 0.3) is 0 Å². The first-order valence-electron chi connectivity index (χ1n) is 5.58. The van der Waals surface area contributed by atoms with E-state index >= 15 is 0 Å². The monoisotopic (exact) mass is 198 g/mol. The average Bonchev–Trinajstić information content (AvgIpc) is 2.09. The highest BCUT2D eigenvalue weighted by Gasteiger charge is 2.37. The van der Waals surface area contributed by atoms with Crippen molar-refractivity contribution in [2.75, 3.05) is 0 Å². The molecule has 0 aliphatic heterocycles. The number of nitrogens with two attached hydrogens (primary N) is 1. The molecule has 3 N–H and O–H groups in total. The zero-order valence-corrected chi connectivity index (χ0v) is 9.47. The minimum Gasteiger partial charge on any atom is -0.349 e. The molecule has 1 atom stereocenters. The van der Waals surface area contributed by atoms with Gasteiger partial charge in [-0.05, 0) is 31.6 Å². The minimum absolute atomic E-state index is 0.0153. The van der Waals surface area contributed by atoms with Crippen LogP contribution < -0.4 is 11.1 Å². The SMILES string of the molecule is CCC1(NC(=O)[C@@H](N)C(C)C)CCC1. The van der Waals surface area contributed by atoms with Crippen molar-refractivity contribution in [3.8, 4) is 0 Å². The Morgan fingerprint density at radius 1 is 1.50 bits per heavy atom. The van der Waals surface area contributed by atoms with E-state index < -0.39 is 0 Å². The highest BCUT2D eigenvalue weighted by Crippen LogP contribution is 2.34. The van der Waals surface area contributed by atoms with E-state index in [2.05, 4.69) is 12.2 Å². The zero-order valence-electron chi connectivity index (χ0n) is 9.47. The fourth-order valence-corrected chi connectivity index (χ4v) is 1.82. The fraction of sp³-hybridized carbons (Fsp3) is 0.909. The Labute approximate surface area is 86.4 Å². The molecule has 1 saturated carbocycles. The van der Waals surface area contributed by atoms with E-state index in [1.165, 1.54) is 6.42 Å². The first kappa shape index (κ1) is 11.5. The molecule has 1 aliphatic rings. The van der Waals surface area contributed by atoms with Gasteiger partial charge in [0.2, 0.25) is 5.91 Å². The summed E-state index contributed by atoms with van der Waals surface area (Å²) in [6.45, 7) is 6.08. The summed E-state index contributed by atoms with van der Waals surface area (Å²) >= 11 is 0. The lowest BCUT2D eigenvalue weighted by molar-refractivity contribution is -0.126. The van der Waals surface area contributed by atoms with Crippen LogP contribution in [0.1, 0.15) is 46.5 Å². The maximum atomic E-state index is 11.7. The van der Waals surface area contributed by atoms with Gasteiger partial charge in [0, 0.05) is 5.54 Å². The number of rotatable bonds is 4. The first-order valence-corrected chi connectivity index (χ1v) is 5.58. The largest absolute Gasteiger partial charge is 0.349 e. The van der Waals surface area contributed by atoms with E-state index in [4.69, 9.17) is 5.73 Å². The minimum atomic E-state index is -0.362. The average molecular weight is 198 g/mol. The number of carbonyl (C=O) groups excluding carboxylic acids is 1. The number of amides is 1. The van der Waals surface area contributed by atoms with E-state index in [-0.39, 0.29) is 23.4 Å². The summed E-state index contributed by atoms with van der Waals surface area (Å²) in [5.74, 6) is 0.227. The first-order chi connectivity index (χ1) is 6.51. The van der Waals surface area contributed by atoms with Gasteiger partial charge in [-0.3, -0.25) is 4.79 Å². The Hall–Kier alpha value is -0.570. The Balaban J connectivity index is 2.47. The predicted molar refractivity (Wildman–Crippen MR) is 57.8 cm³/mol. The van der Waals surface area contributed by atoms with Gasteiger partial charge in [-0.25, -0.2) is 0 Å². The van der Waals surface area contributed by atoms with E-state index in [0.717, 1.165) is 19.3 Å². The third-order valence-electron chi connectivity index (χ3n) is 3.40. The van der Waals surface area contributed by atoms with Crippen molar-refractivity contribution in [3.05, 3.63) is 0 Å². The van der Waals surface area contributed by atoms with Crippen molar-refractivity contribution in [3.63, 3.8) is 0 Å². The molecule has 0 unspecified atom stereocenters. The predicted octanol–water partition coefficient (Wildman–Crippen LogP) is 1.42. The summed E-state index contributed by atoms with van der Waals surface area (Å²) in [5.41, 5.74) is 5.86. The lowest BCUT2D eigenvalue weighted by atomic mass is 9.74. The molecule has 0 bridgehead atoms. The van der Waals surface area contributed by atoms with Crippen molar-refractivity contribution in [1.29, 1.82) is 0 Å². The van der Waals surface area contributed by atoms with Crippen LogP contribution in [0.2, 0.25) is 0 Å². The van der Waals surface area contributed by atoms with Crippen LogP contribution in [0, 0.1) is 5.92 Å². The van der Waals surface area contributed by atoms with Crippen LogP contribution in [0.4, 0.5) is 0 Å². The lowest BCUT2D eigenvalue weighted by Crippen LogP contribution is -2.57. The van der Waals surface area contributed by atoms with E-state index in [1.54, 1.807) is 0 Å². The normalized spacial score (nSPS) is 21.5. The summed E-state index contributed by atoms with van der Waals surface area (Å²) in [6.07, 6.45) is 4.47. The van der Waals surface area contributed by atoms with Crippen LogP contribution in [0.25, 0.3) is 0 Å². The lowest BCUT2D eigenvalue weighted by Gasteiger charge is -2.42. The van der Waals surface area contributed by atoms with Gasteiger partial charge in [-0.2, -0.15) is 0 Å². The van der Waals surface area contributed by atoms with Crippen molar-refractivity contribution in [2.24, 2.45) is 11.7 Å². The van der Waals surface area contributed by atoms with Gasteiger partial charge in [0.1, 0.15) is 0 Å². The molecule has 0 spiro atoms. The van der Waals surface area contributed by atoms with E-state index in [1.807, 2.05) is 13.8 Å². The van der Waals surface area contributed by atoms with Gasteiger partial charge in [0.15, 0.2) is 0 Å². The van der Waals surface area contributed by atoms with Crippen molar-refractivity contribution < 1.29 is 4.79 Å².